The molecule has 1 aromatic heterocycles. The zero-order chi connectivity index (χ0) is 20.9. The molecule has 0 spiro atoms. The largest absolute Gasteiger partial charge is 0.486 e. The van der Waals surface area contributed by atoms with Crippen LogP contribution in [0.3, 0.4) is 0 Å². The monoisotopic (exact) mass is 428 g/mol. The van der Waals surface area contributed by atoms with Crippen LogP contribution in [0.5, 0.6) is 5.75 Å². The molecule has 2 aromatic carbocycles. The van der Waals surface area contributed by atoms with E-state index in [1.807, 2.05) is 29.2 Å². The van der Waals surface area contributed by atoms with Gasteiger partial charge >= 0.3 is 0 Å². The van der Waals surface area contributed by atoms with Crippen molar-refractivity contribution in [3.8, 4) is 5.75 Å². The van der Waals surface area contributed by atoms with Gasteiger partial charge < -0.3 is 14.1 Å². The van der Waals surface area contributed by atoms with Crippen LogP contribution in [0.1, 0.15) is 21.9 Å². The van der Waals surface area contributed by atoms with Crippen molar-refractivity contribution in [3.63, 3.8) is 0 Å². The summed E-state index contributed by atoms with van der Waals surface area (Å²) in [6, 6.07) is 17.0. The van der Waals surface area contributed by atoms with Gasteiger partial charge in [0.05, 0.1) is 0 Å². The van der Waals surface area contributed by atoms with Crippen molar-refractivity contribution in [1.29, 1.82) is 0 Å². The number of ether oxygens (including phenoxy) is 1. The first-order valence-electron chi connectivity index (χ1n) is 9.80. The normalized spacial score (nSPS) is 14.7. The number of carbonyl (C=O) groups is 1. The summed E-state index contributed by atoms with van der Waals surface area (Å²) in [5.41, 5.74) is 1.20. The lowest BCUT2D eigenvalue weighted by Crippen LogP contribution is -2.48. The fourth-order valence-corrected chi connectivity index (χ4v) is 3.49. The second-order valence-corrected chi connectivity index (χ2v) is 7.64. The van der Waals surface area contributed by atoms with E-state index in [4.69, 9.17) is 20.8 Å². The molecule has 0 aliphatic carbocycles. The molecule has 5 nitrogen and oxygen atoms in total. The molecule has 0 radical (unpaired) electrons. The molecule has 0 atom stereocenters. The quantitative estimate of drug-likeness (QED) is 0.575. The molecule has 4 rings (SSSR count). The average molecular weight is 429 g/mol. The number of hydrogen-bond donors (Lipinski definition) is 0. The molecule has 0 bridgehead atoms. The lowest BCUT2D eigenvalue weighted by molar-refractivity contribution is 0.0594. The number of hydrogen-bond acceptors (Lipinski definition) is 4. The van der Waals surface area contributed by atoms with Gasteiger partial charge in [0.1, 0.15) is 23.9 Å². The molecule has 1 amide bonds. The predicted octanol–water partition coefficient (Wildman–Crippen LogP) is 4.61. The minimum absolute atomic E-state index is 0.117. The van der Waals surface area contributed by atoms with Crippen molar-refractivity contribution in [2.45, 2.75) is 13.2 Å². The molecule has 30 heavy (non-hydrogen) atoms. The highest BCUT2D eigenvalue weighted by atomic mass is 35.5. The molecule has 1 saturated heterocycles. The summed E-state index contributed by atoms with van der Waals surface area (Å²) in [5, 5.41) is 0.732. The Hall–Kier alpha value is -2.83. The Morgan fingerprint density at radius 3 is 2.37 bits per heavy atom. The van der Waals surface area contributed by atoms with Gasteiger partial charge in [-0.15, -0.1) is 0 Å². The molecular weight excluding hydrogens is 407 g/mol. The van der Waals surface area contributed by atoms with Crippen LogP contribution in [0.4, 0.5) is 4.39 Å². The third-order valence-electron chi connectivity index (χ3n) is 5.05. The molecule has 156 valence electrons. The van der Waals surface area contributed by atoms with Crippen LogP contribution in [-0.2, 0) is 13.2 Å². The highest BCUT2D eigenvalue weighted by molar-refractivity contribution is 6.30. The van der Waals surface area contributed by atoms with Crippen LogP contribution < -0.4 is 4.74 Å². The summed E-state index contributed by atoms with van der Waals surface area (Å²) in [5.74, 6) is 0.955. The first-order chi connectivity index (χ1) is 14.6. The fourth-order valence-electron chi connectivity index (χ4n) is 3.37. The van der Waals surface area contributed by atoms with Crippen LogP contribution in [-0.4, -0.2) is 41.9 Å². The van der Waals surface area contributed by atoms with Gasteiger partial charge in [-0.25, -0.2) is 4.39 Å². The van der Waals surface area contributed by atoms with Gasteiger partial charge in [0.2, 0.25) is 0 Å². The maximum atomic E-state index is 12.9. The molecule has 2 heterocycles. The van der Waals surface area contributed by atoms with Crippen molar-refractivity contribution in [2.75, 3.05) is 26.2 Å². The van der Waals surface area contributed by atoms with Gasteiger partial charge in [-0.3, -0.25) is 9.69 Å². The van der Waals surface area contributed by atoms with E-state index in [1.165, 1.54) is 17.7 Å². The Morgan fingerprint density at radius 2 is 1.67 bits per heavy atom. The lowest BCUT2D eigenvalue weighted by Gasteiger charge is -2.34. The number of carbonyl (C=O) groups excluding carboxylic acids is 1. The predicted molar refractivity (Wildman–Crippen MR) is 112 cm³/mol. The van der Waals surface area contributed by atoms with Gasteiger partial charge in [0, 0.05) is 37.7 Å². The second kappa shape index (κ2) is 9.32. The van der Waals surface area contributed by atoms with E-state index in [9.17, 15) is 9.18 Å². The van der Waals surface area contributed by atoms with Crippen LogP contribution >= 0.6 is 11.6 Å². The summed E-state index contributed by atoms with van der Waals surface area (Å²) in [6.45, 7) is 3.91. The van der Waals surface area contributed by atoms with E-state index in [0.29, 0.717) is 30.4 Å². The van der Waals surface area contributed by atoms with E-state index in [-0.39, 0.29) is 18.3 Å². The molecule has 0 saturated carbocycles. The number of halogens is 2. The van der Waals surface area contributed by atoms with Crippen molar-refractivity contribution >= 4 is 17.5 Å². The molecule has 1 fully saturated rings. The number of piperazine rings is 1. The maximum Gasteiger partial charge on any atom is 0.289 e. The van der Waals surface area contributed by atoms with Crippen molar-refractivity contribution < 1.29 is 18.3 Å². The minimum Gasteiger partial charge on any atom is -0.486 e. The number of amides is 1. The Bertz CT molecular complexity index is 980. The van der Waals surface area contributed by atoms with Gasteiger partial charge in [-0.1, -0.05) is 23.7 Å². The van der Waals surface area contributed by atoms with E-state index in [0.717, 1.165) is 24.7 Å². The van der Waals surface area contributed by atoms with Crippen molar-refractivity contribution in [1.82, 2.24) is 9.80 Å². The summed E-state index contributed by atoms with van der Waals surface area (Å²) >= 11 is 5.94. The van der Waals surface area contributed by atoms with E-state index in [2.05, 4.69) is 4.90 Å². The molecule has 3 aromatic rings. The number of furan rings is 1. The molecule has 0 N–H and O–H groups in total. The molecule has 0 unspecified atom stereocenters. The van der Waals surface area contributed by atoms with Crippen LogP contribution in [0, 0.1) is 5.82 Å². The smallest absolute Gasteiger partial charge is 0.289 e. The maximum absolute atomic E-state index is 12.9. The Balaban J connectivity index is 1.27. The summed E-state index contributed by atoms with van der Waals surface area (Å²) in [6.07, 6.45) is 0. The molecule has 1 aliphatic heterocycles. The SMILES string of the molecule is O=C(c1ccc(COc2ccc(F)cc2)o1)N1CCN(Cc2ccc(Cl)cc2)CC1. The lowest BCUT2D eigenvalue weighted by atomic mass is 10.2. The van der Waals surface area contributed by atoms with Crippen LogP contribution in [0.15, 0.2) is 65.1 Å². The summed E-state index contributed by atoms with van der Waals surface area (Å²) in [7, 11) is 0. The van der Waals surface area contributed by atoms with Crippen LogP contribution in [0.25, 0.3) is 0 Å². The third kappa shape index (κ3) is 5.20. The van der Waals surface area contributed by atoms with E-state index < -0.39 is 0 Å². The first-order valence-corrected chi connectivity index (χ1v) is 10.2. The minimum atomic E-state index is -0.318. The number of nitrogens with zero attached hydrogens (tertiary/aromatic N) is 2. The van der Waals surface area contributed by atoms with E-state index in [1.54, 1.807) is 24.3 Å². The second-order valence-electron chi connectivity index (χ2n) is 7.20. The Kier molecular flexibility index (Phi) is 6.35. The zero-order valence-electron chi connectivity index (χ0n) is 16.4. The van der Waals surface area contributed by atoms with Crippen molar-refractivity contribution in [3.05, 3.63) is 88.6 Å². The Labute approximate surface area is 179 Å². The fraction of sp³-hybridized carbons (Fsp3) is 0.261. The molecule has 1 aliphatic rings. The molecular formula is C23H22ClFN2O3. The summed E-state index contributed by atoms with van der Waals surface area (Å²) < 4.78 is 24.2. The van der Waals surface area contributed by atoms with Gasteiger partial charge in [0.25, 0.3) is 5.91 Å². The number of benzene rings is 2. The highest BCUT2D eigenvalue weighted by Gasteiger charge is 2.24. The standard InChI is InChI=1S/C23H22ClFN2O3/c24-18-3-1-17(2-4-18)15-26-11-13-27(14-12-26)23(28)22-10-9-21(30-22)16-29-20-7-5-19(25)6-8-20/h1-10H,11-16H2. The van der Waals surface area contributed by atoms with Gasteiger partial charge in [-0.05, 0) is 54.1 Å². The first kappa shape index (κ1) is 20.4. The zero-order valence-corrected chi connectivity index (χ0v) is 17.1. The van der Waals surface area contributed by atoms with Crippen molar-refractivity contribution in [2.24, 2.45) is 0 Å². The molecule has 7 heteroatoms. The van der Waals surface area contributed by atoms with Gasteiger partial charge in [0.15, 0.2) is 5.76 Å². The van der Waals surface area contributed by atoms with Gasteiger partial charge in [-0.2, -0.15) is 0 Å². The third-order valence-corrected chi connectivity index (χ3v) is 5.30. The Morgan fingerprint density at radius 1 is 0.967 bits per heavy atom. The summed E-state index contributed by atoms with van der Waals surface area (Å²) in [4.78, 5) is 16.9. The topological polar surface area (TPSA) is 45.9 Å². The number of rotatable bonds is 6. The highest BCUT2D eigenvalue weighted by Crippen LogP contribution is 2.18. The average Bonchev–Trinajstić information content (AvgIpc) is 3.24. The van der Waals surface area contributed by atoms with E-state index >= 15 is 0 Å². The van der Waals surface area contributed by atoms with Crippen LogP contribution in [0.2, 0.25) is 5.02 Å².